The normalized spacial score (nSPS) is 32.8. The fourth-order valence-corrected chi connectivity index (χ4v) is 7.21. The van der Waals surface area contributed by atoms with E-state index in [4.69, 9.17) is 0 Å². The van der Waals surface area contributed by atoms with E-state index in [1.807, 2.05) is 6.08 Å². The molecule has 1 aliphatic carbocycles. The van der Waals surface area contributed by atoms with E-state index in [2.05, 4.69) is 11.7 Å². The van der Waals surface area contributed by atoms with E-state index in [1.54, 1.807) is 12.2 Å². The monoisotopic (exact) mass is 414 g/mol. The van der Waals surface area contributed by atoms with Crippen LogP contribution in [0.2, 0.25) is 0 Å². The van der Waals surface area contributed by atoms with Gasteiger partial charge in [0.15, 0.2) is 9.84 Å². The van der Waals surface area contributed by atoms with Gasteiger partial charge in [-0.25, -0.2) is 13.2 Å². The maximum atomic E-state index is 12.9. The van der Waals surface area contributed by atoms with E-state index in [-0.39, 0.29) is 18.3 Å². The van der Waals surface area contributed by atoms with Crippen LogP contribution in [0.15, 0.2) is 24.3 Å². The first-order chi connectivity index (χ1) is 13.3. The summed E-state index contributed by atoms with van der Waals surface area (Å²) in [5.74, 6) is -0.776. The third-order valence-electron chi connectivity index (χ3n) is 6.08. The Bertz CT molecular complexity index is 668. The summed E-state index contributed by atoms with van der Waals surface area (Å²) in [4.78, 5) is 11.1. The highest BCUT2D eigenvalue weighted by Crippen LogP contribution is 2.48. The number of ether oxygens (including phenoxy) is 1. The van der Waals surface area contributed by atoms with Crippen molar-refractivity contribution in [2.45, 2.75) is 81.0 Å². The van der Waals surface area contributed by atoms with Crippen molar-refractivity contribution in [3.8, 4) is 0 Å². The Morgan fingerprint density at radius 1 is 1.29 bits per heavy atom. The lowest BCUT2D eigenvalue weighted by Crippen LogP contribution is -2.24. The SMILES string of the molecule is CCCCC[C@H](O)/C=C/[C@@H]1[C@H]2CC(CC/C=C/C(=O)OC)S(=O)(=O)[C@@H]2C[C@H]1O. The van der Waals surface area contributed by atoms with Crippen LogP contribution in [0.3, 0.4) is 0 Å². The molecule has 6 nitrogen and oxygen atoms in total. The average molecular weight is 415 g/mol. The molecule has 2 aliphatic rings. The largest absolute Gasteiger partial charge is 0.466 e. The molecule has 2 fully saturated rings. The molecular formula is C21H34O6S. The number of rotatable bonds is 10. The number of methoxy groups -OCH3 is 1. The summed E-state index contributed by atoms with van der Waals surface area (Å²) in [5.41, 5.74) is 0. The van der Waals surface area contributed by atoms with Gasteiger partial charge < -0.3 is 14.9 Å². The Kier molecular flexibility index (Phi) is 8.71. The summed E-state index contributed by atoms with van der Waals surface area (Å²) >= 11 is 0. The molecule has 0 bridgehead atoms. The summed E-state index contributed by atoms with van der Waals surface area (Å²) in [6.45, 7) is 2.11. The molecule has 7 heteroatoms. The number of carbonyl (C=O) groups is 1. The summed E-state index contributed by atoms with van der Waals surface area (Å²) < 4.78 is 30.3. The molecule has 2 N–H and O–H groups in total. The fraction of sp³-hybridized carbons (Fsp3) is 0.762. The minimum Gasteiger partial charge on any atom is -0.466 e. The number of sulfone groups is 1. The molecule has 1 unspecified atom stereocenters. The van der Waals surface area contributed by atoms with Gasteiger partial charge in [-0.2, -0.15) is 0 Å². The highest BCUT2D eigenvalue weighted by molar-refractivity contribution is 7.93. The van der Waals surface area contributed by atoms with E-state index in [0.717, 1.165) is 19.3 Å². The molecule has 160 valence electrons. The van der Waals surface area contributed by atoms with Gasteiger partial charge in [0.05, 0.1) is 29.8 Å². The fourth-order valence-electron chi connectivity index (χ4n) is 4.51. The number of allylic oxidation sites excluding steroid dienone is 1. The lowest BCUT2D eigenvalue weighted by Gasteiger charge is -2.18. The maximum Gasteiger partial charge on any atom is 0.330 e. The van der Waals surface area contributed by atoms with Crippen LogP contribution in [0.1, 0.15) is 58.3 Å². The molecule has 6 atom stereocenters. The molecule has 1 heterocycles. The molecule has 0 spiro atoms. The number of aliphatic hydroxyl groups is 2. The number of carbonyl (C=O) groups excluding carboxylic acids is 1. The molecule has 0 radical (unpaired) electrons. The predicted molar refractivity (Wildman–Crippen MR) is 108 cm³/mol. The summed E-state index contributed by atoms with van der Waals surface area (Å²) in [7, 11) is -2.00. The van der Waals surface area contributed by atoms with Crippen molar-refractivity contribution in [3.63, 3.8) is 0 Å². The standard InChI is InChI=1S/C21H34O6S/c1-3-4-5-8-15(22)11-12-17-18-13-16(9-6-7-10-21(24)27-2)28(25,26)20(18)14-19(17)23/h7,10-12,15-20,22-23H,3-6,8-9,13-14H2,1-2H3/b10-7+,12-11+/t15-,16?,17+,18+,19+,20+/m0/s1. The van der Waals surface area contributed by atoms with E-state index in [1.165, 1.54) is 13.2 Å². The zero-order valence-electron chi connectivity index (χ0n) is 16.9. The Morgan fingerprint density at radius 3 is 2.71 bits per heavy atom. The second-order valence-corrected chi connectivity index (χ2v) is 10.4. The van der Waals surface area contributed by atoms with Crippen LogP contribution in [-0.4, -0.2) is 54.4 Å². The molecule has 0 aromatic carbocycles. The smallest absolute Gasteiger partial charge is 0.330 e. The van der Waals surface area contributed by atoms with Gasteiger partial charge in [0.2, 0.25) is 0 Å². The first-order valence-corrected chi connectivity index (χ1v) is 11.9. The van der Waals surface area contributed by atoms with Crippen LogP contribution in [-0.2, 0) is 19.4 Å². The van der Waals surface area contributed by atoms with E-state index < -0.39 is 38.5 Å². The van der Waals surface area contributed by atoms with Crippen molar-refractivity contribution in [2.24, 2.45) is 11.8 Å². The minimum absolute atomic E-state index is 0.103. The van der Waals surface area contributed by atoms with Crippen LogP contribution in [0.25, 0.3) is 0 Å². The second kappa shape index (κ2) is 10.6. The van der Waals surface area contributed by atoms with E-state index >= 15 is 0 Å². The average Bonchev–Trinajstić information content (AvgIpc) is 3.09. The van der Waals surface area contributed by atoms with Gasteiger partial charge in [0, 0.05) is 12.0 Å². The lowest BCUT2D eigenvalue weighted by molar-refractivity contribution is -0.134. The maximum absolute atomic E-state index is 12.9. The van der Waals surface area contributed by atoms with Crippen LogP contribution in [0.5, 0.6) is 0 Å². The Balaban J connectivity index is 1.96. The first-order valence-electron chi connectivity index (χ1n) is 10.3. The van der Waals surface area contributed by atoms with Crippen molar-refractivity contribution in [1.82, 2.24) is 0 Å². The zero-order chi connectivity index (χ0) is 20.7. The molecular weight excluding hydrogens is 380 g/mol. The van der Waals surface area contributed by atoms with Crippen molar-refractivity contribution in [1.29, 1.82) is 0 Å². The van der Waals surface area contributed by atoms with Crippen LogP contribution in [0.4, 0.5) is 0 Å². The number of unbranched alkanes of at least 4 members (excludes halogenated alkanes) is 2. The Labute approximate surface area is 168 Å². The van der Waals surface area contributed by atoms with Gasteiger partial charge in [-0.1, -0.05) is 44.4 Å². The van der Waals surface area contributed by atoms with E-state index in [0.29, 0.717) is 25.7 Å². The number of hydrogen-bond acceptors (Lipinski definition) is 6. The zero-order valence-corrected chi connectivity index (χ0v) is 17.7. The molecule has 1 saturated heterocycles. The molecule has 28 heavy (non-hydrogen) atoms. The third kappa shape index (κ3) is 5.67. The summed E-state index contributed by atoms with van der Waals surface area (Å²) in [6, 6.07) is 0. The molecule has 1 aliphatic heterocycles. The van der Waals surface area contributed by atoms with Crippen LogP contribution < -0.4 is 0 Å². The van der Waals surface area contributed by atoms with Gasteiger partial charge in [0.1, 0.15) is 0 Å². The molecule has 0 aromatic rings. The Morgan fingerprint density at radius 2 is 2.04 bits per heavy atom. The summed E-state index contributed by atoms with van der Waals surface area (Å²) in [5, 5.41) is 19.5. The minimum atomic E-state index is -3.30. The van der Waals surface area contributed by atoms with Crippen LogP contribution in [0, 0.1) is 11.8 Å². The highest BCUT2D eigenvalue weighted by Gasteiger charge is 2.55. The number of fused-ring (bicyclic) bond motifs is 1. The quantitative estimate of drug-likeness (QED) is 0.247. The number of aliphatic hydroxyl groups excluding tert-OH is 2. The Hall–Kier alpha value is -1.18. The molecule has 0 aromatic heterocycles. The second-order valence-electron chi connectivity index (χ2n) is 7.98. The van der Waals surface area contributed by atoms with Crippen molar-refractivity contribution < 1.29 is 28.2 Å². The lowest BCUT2D eigenvalue weighted by atomic mass is 9.89. The number of hydrogen-bond donors (Lipinski definition) is 2. The van der Waals surface area contributed by atoms with Crippen molar-refractivity contribution >= 4 is 15.8 Å². The molecule has 0 amide bonds. The van der Waals surface area contributed by atoms with Gasteiger partial charge >= 0.3 is 5.97 Å². The topological polar surface area (TPSA) is 101 Å². The first kappa shape index (κ1) is 23.1. The van der Waals surface area contributed by atoms with Gasteiger partial charge in [-0.3, -0.25) is 0 Å². The third-order valence-corrected chi connectivity index (χ3v) is 8.82. The predicted octanol–water partition coefficient (Wildman–Crippen LogP) is 2.55. The van der Waals surface area contributed by atoms with Gasteiger partial charge in [-0.15, -0.1) is 0 Å². The van der Waals surface area contributed by atoms with Gasteiger partial charge in [-0.05, 0) is 38.0 Å². The van der Waals surface area contributed by atoms with Crippen LogP contribution >= 0.6 is 0 Å². The highest BCUT2D eigenvalue weighted by atomic mass is 32.2. The van der Waals surface area contributed by atoms with E-state index in [9.17, 15) is 23.4 Å². The molecule has 1 saturated carbocycles. The van der Waals surface area contributed by atoms with Gasteiger partial charge in [0.25, 0.3) is 0 Å². The van der Waals surface area contributed by atoms with Crippen molar-refractivity contribution in [3.05, 3.63) is 24.3 Å². The van der Waals surface area contributed by atoms with Crippen molar-refractivity contribution in [2.75, 3.05) is 7.11 Å². The summed E-state index contributed by atoms with van der Waals surface area (Å²) in [6.07, 6.45) is 10.9. The number of esters is 1. The molecule has 2 rings (SSSR count).